The van der Waals surface area contributed by atoms with Gasteiger partial charge in [-0.25, -0.2) is 0 Å². The number of nitrogens with one attached hydrogen (secondary N) is 1. The van der Waals surface area contributed by atoms with Crippen molar-refractivity contribution in [1.82, 2.24) is 5.32 Å². The molecule has 0 fully saturated rings. The fraction of sp³-hybridized carbons (Fsp3) is 1.00. The molecular weight excluding hydrogens is 321 g/mol. The van der Waals surface area contributed by atoms with Crippen LogP contribution in [0, 0.1) is 0 Å². The van der Waals surface area contributed by atoms with Crippen molar-refractivity contribution in [2.75, 3.05) is 19.8 Å². The quantitative estimate of drug-likeness (QED) is 0.237. The molecule has 0 aromatic rings. The monoisotopic (exact) mass is 363 g/mol. The minimum Gasteiger partial charge on any atom is -0.307 e. The Morgan fingerprint density at radius 2 is 1.29 bits per heavy atom. The van der Waals surface area contributed by atoms with E-state index >= 15 is 0 Å². The lowest BCUT2D eigenvalue weighted by Gasteiger charge is -2.37. The summed E-state index contributed by atoms with van der Waals surface area (Å²) < 4.78 is 25.5. The summed E-state index contributed by atoms with van der Waals surface area (Å²) in [6, 6.07) is 0. The summed E-state index contributed by atoms with van der Waals surface area (Å²) in [6.07, 6.45) is 10.3. The summed E-state index contributed by atoms with van der Waals surface area (Å²) in [6.45, 7) is 12.5. The van der Waals surface area contributed by atoms with Crippen LogP contribution >= 0.6 is 7.60 Å². The molecule has 1 N–H and O–H groups in total. The maximum atomic E-state index is 13.7. The lowest BCUT2D eigenvalue weighted by molar-refractivity contribution is 0.168. The highest BCUT2D eigenvalue weighted by Crippen LogP contribution is 2.60. The first-order valence-electron chi connectivity index (χ1n) is 10.1. The molecule has 0 aromatic carbocycles. The third-order valence-electron chi connectivity index (χ3n) is 4.43. The molecule has 0 saturated carbocycles. The van der Waals surface area contributed by atoms with Gasteiger partial charge in [-0.3, -0.25) is 4.57 Å². The number of hydrogen-bond acceptors (Lipinski definition) is 4. The molecule has 0 aromatic heterocycles. The zero-order valence-corrected chi connectivity index (χ0v) is 17.8. The van der Waals surface area contributed by atoms with Gasteiger partial charge in [-0.15, -0.1) is 0 Å². The van der Waals surface area contributed by atoms with Crippen LogP contribution in [0.1, 0.15) is 98.8 Å². The molecule has 0 bridgehead atoms. The Labute approximate surface area is 151 Å². The first kappa shape index (κ1) is 24.1. The van der Waals surface area contributed by atoms with E-state index in [0.29, 0.717) is 13.2 Å². The predicted octanol–water partition coefficient (Wildman–Crippen LogP) is 6.50. The smallest absolute Gasteiger partial charge is 0.307 e. The van der Waals surface area contributed by atoms with Gasteiger partial charge in [-0.1, -0.05) is 66.2 Å². The molecule has 0 heterocycles. The first-order chi connectivity index (χ1) is 11.5. The zero-order valence-electron chi connectivity index (χ0n) is 16.9. The second-order valence-corrected chi connectivity index (χ2v) is 9.38. The van der Waals surface area contributed by atoms with Gasteiger partial charge in [-0.2, -0.15) is 0 Å². The van der Waals surface area contributed by atoms with Gasteiger partial charge < -0.3 is 14.4 Å². The average molecular weight is 364 g/mol. The number of rotatable bonds is 17. The van der Waals surface area contributed by atoms with E-state index in [-0.39, 0.29) is 0 Å². The highest BCUT2D eigenvalue weighted by molar-refractivity contribution is 7.55. The molecule has 146 valence electrons. The van der Waals surface area contributed by atoms with Crippen LogP contribution in [0.3, 0.4) is 0 Å². The number of hydrogen-bond donors (Lipinski definition) is 1. The lowest BCUT2D eigenvalue weighted by Crippen LogP contribution is -2.44. The molecule has 1 unspecified atom stereocenters. The fourth-order valence-corrected chi connectivity index (χ4v) is 4.68. The molecule has 0 rings (SSSR count). The first-order valence-corrected chi connectivity index (χ1v) is 11.7. The van der Waals surface area contributed by atoms with E-state index in [4.69, 9.17) is 9.05 Å². The van der Waals surface area contributed by atoms with Gasteiger partial charge in [0.2, 0.25) is 0 Å². The Hall–Kier alpha value is 0.110. The van der Waals surface area contributed by atoms with Gasteiger partial charge in [0.1, 0.15) is 5.28 Å². The lowest BCUT2D eigenvalue weighted by atomic mass is 10.1. The van der Waals surface area contributed by atoms with Crippen LogP contribution in [0.4, 0.5) is 0 Å². The average Bonchev–Trinajstić information content (AvgIpc) is 2.56. The van der Waals surface area contributed by atoms with Gasteiger partial charge in [0.15, 0.2) is 0 Å². The maximum absolute atomic E-state index is 13.7. The third kappa shape index (κ3) is 8.99. The van der Waals surface area contributed by atoms with Crippen molar-refractivity contribution < 1.29 is 13.6 Å². The van der Waals surface area contributed by atoms with Crippen molar-refractivity contribution in [3.8, 4) is 0 Å². The van der Waals surface area contributed by atoms with Gasteiger partial charge in [0, 0.05) is 0 Å². The molecule has 0 spiro atoms. The second-order valence-electron chi connectivity index (χ2n) is 6.88. The van der Waals surface area contributed by atoms with Crippen molar-refractivity contribution in [1.29, 1.82) is 0 Å². The summed E-state index contributed by atoms with van der Waals surface area (Å²) in [4.78, 5) is 0. The molecule has 0 aliphatic carbocycles. The van der Waals surface area contributed by atoms with E-state index < -0.39 is 12.9 Å². The Balaban J connectivity index is 5.12. The SMILES string of the molecule is CCCCCC(C)(NCCCC)P(=O)(OCCCC)OCCCC. The Morgan fingerprint density at radius 1 is 0.792 bits per heavy atom. The molecule has 0 amide bonds. The summed E-state index contributed by atoms with van der Waals surface area (Å²) in [5.74, 6) is 0. The molecule has 0 aliphatic heterocycles. The fourth-order valence-electron chi connectivity index (χ4n) is 2.56. The van der Waals surface area contributed by atoms with Crippen LogP contribution in [0.15, 0.2) is 0 Å². The van der Waals surface area contributed by atoms with Crippen LogP contribution in [-0.4, -0.2) is 25.0 Å². The van der Waals surface area contributed by atoms with Crippen molar-refractivity contribution in [3.63, 3.8) is 0 Å². The van der Waals surface area contributed by atoms with E-state index in [9.17, 15) is 4.57 Å². The Bertz CT molecular complexity index is 313. The topological polar surface area (TPSA) is 47.6 Å². The molecule has 1 atom stereocenters. The number of unbranched alkanes of at least 4 members (excludes halogenated alkanes) is 5. The molecule has 24 heavy (non-hydrogen) atoms. The largest absolute Gasteiger partial charge is 0.350 e. The van der Waals surface area contributed by atoms with Crippen molar-refractivity contribution in [2.24, 2.45) is 0 Å². The van der Waals surface area contributed by atoms with Crippen LogP contribution < -0.4 is 5.32 Å². The second kappa shape index (κ2) is 14.3. The minimum atomic E-state index is -3.19. The van der Waals surface area contributed by atoms with Gasteiger partial charge in [0.05, 0.1) is 13.2 Å². The van der Waals surface area contributed by atoms with E-state index in [1.54, 1.807) is 0 Å². The highest BCUT2D eigenvalue weighted by atomic mass is 31.2. The van der Waals surface area contributed by atoms with Crippen molar-refractivity contribution in [2.45, 2.75) is 104 Å². The van der Waals surface area contributed by atoms with Gasteiger partial charge in [0.25, 0.3) is 0 Å². The predicted molar refractivity (Wildman–Crippen MR) is 105 cm³/mol. The summed E-state index contributed by atoms with van der Waals surface area (Å²) in [7, 11) is -3.19. The van der Waals surface area contributed by atoms with Crippen molar-refractivity contribution >= 4 is 7.60 Å². The van der Waals surface area contributed by atoms with Crippen LogP contribution in [0.5, 0.6) is 0 Å². The summed E-state index contributed by atoms with van der Waals surface area (Å²) >= 11 is 0. The summed E-state index contributed by atoms with van der Waals surface area (Å²) in [5.41, 5.74) is 0. The molecular formula is C19H42NO3P. The van der Waals surface area contributed by atoms with E-state index in [2.05, 4.69) is 33.0 Å². The third-order valence-corrected chi connectivity index (χ3v) is 7.06. The zero-order chi connectivity index (χ0) is 18.3. The molecule has 0 radical (unpaired) electrons. The van der Waals surface area contributed by atoms with Crippen molar-refractivity contribution in [3.05, 3.63) is 0 Å². The Morgan fingerprint density at radius 3 is 1.75 bits per heavy atom. The van der Waals surface area contributed by atoms with Crippen LogP contribution in [0.2, 0.25) is 0 Å². The highest BCUT2D eigenvalue weighted by Gasteiger charge is 2.46. The maximum Gasteiger partial charge on any atom is 0.350 e. The van der Waals surface area contributed by atoms with E-state index in [1.165, 1.54) is 0 Å². The van der Waals surface area contributed by atoms with E-state index in [0.717, 1.165) is 70.8 Å². The van der Waals surface area contributed by atoms with Crippen LogP contribution in [0.25, 0.3) is 0 Å². The van der Waals surface area contributed by atoms with Gasteiger partial charge >= 0.3 is 7.60 Å². The van der Waals surface area contributed by atoms with Gasteiger partial charge in [-0.05, 0) is 39.2 Å². The van der Waals surface area contributed by atoms with Crippen LogP contribution in [-0.2, 0) is 13.6 Å². The minimum absolute atomic E-state index is 0.513. The summed E-state index contributed by atoms with van der Waals surface area (Å²) in [5, 5.41) is 2.95. The Kier molecular flexibility index (Phi) is 14.4. The standard InChI is InChI=1S/C19H42NO3P/c1-6-10-14-15-19(5,20-16-11-7-2)24(21,22-17-12-8-3)23-18-13-9-4/h20H,6-18H2,1-5H3. The molecule has 4 nitrogen and oxygen atoms in total. The molecule has 0 saturated heterocycles. The molecule has 0 aliphatic rings. The normalized spacial score (nSPS) is 14.7. The molecule has 5 heteroatoms. The van der Waals surface area contributed by atoms with E-state index in [1.807, 2.05) is 6.92 Å².